The Balaban J connectivity index is 2.48. The smallest absolute Gasteiger partial charge is 0.0439 e. The fourth-order valence-corrected chi connectivity index (χ4v) is 5.32. The molecule has 2 rings (SSSR count). The summed E-state index contributed by atoms with van der Waals surface area (Å²) in [5.41, 5.74) is 2.20. The Bertz CT molecular complexity index is 625. The van der Waals surface area contributed by atoms with E-state index < -0.39 is 0 Å². The van der Waals surface area contributed by atoms with E-state index in [1.165, 1.54) is 5.56 Å². The zero-order chi connectivity index (χ0) is 15.5. The molecule has 0 spiro atoms. The summed E-state index contributed by atoms with van der Waals surface area (Å²) >= 11 is 23.5. The molecule has 0 saturated heterocycles. The van der Waals surface area contributed by atoms with Crippen LogP contribution in [0.4, 0.5) is 0 Å². The third-order valence-electron chi connectivity index (χ3n) is 3.49. The van der Waals surface area contributed by atoms with E-state index in [4.69, 9.17) is 23.2 Å². The van der Waals surface area contributed by atoms with E-state index in [9.17, 15) is 0 Å². The molecule has 2 aromatic carbocycles. The molecule has 0 aliphatic rings. The number of alkyl halides is 2. The first kappa shape index (κ1) is 17.8. The van der Waals surface area contributed by atoms with Crippen molar-refractivity contribution in [3.05, 3.63) is 68.1 Å². The van der Waals surface area contributed by atoms with Crippen LogP contribution >= 0.6 is 71.0 Å². The maximum atomic E-state index is 6.34. The summed E-state index contributed by atoms with van der Waals surface area (Å²) < 4.78 is 1.10. The lowest BCUT2D eigenvalue weighted by Crippen LogP contribution is -2.33. The van der Waals surface area contributed by atoms with Crippen molar-refractivity contribution in [3.8, 4) is 0 Å². The van der Waals surface area contributed by atoms with E-state index in [0.29, 0.717) is 5.02 Å². The molecule has 0 aliphatic heterocycles. The van der Waals surface area contributed by atoms with Gasteiger partial charge in [-0.2, -0.15) is 0 Å². The zero-order valence-corrected chi connectivity index (χ0v) is 17.3. The zero-order valence-electron chi connectivity index (χ0n) is 11.1. The van der Waals surface area contributed by atoms with Crippen LogP contribution in [0.15, 0.2) is 46.9 Å². The van der Waals surface area contributed by atoms with Gasteiger partial charge in [-0.25, -0.2) is 0 Å². The standard InChI is InChI=1S/C16H13Br3Cl2/c17-9-16(10-18,13-3-1-2-4-14(13)19)8-11-7-12(20)5-6-15(11)21/h1-7H,8-10H2. The fraction of sp³-hybridized carbons (Fsp3) is 0.250. The predicted octanol–water partition coefficient (Wildman–Crippen LogP) is 7.03. The van der Waals surface area contributed by atoms with Crippen LogP contribution in [0.5, 0.6) is 0 Å². The highest BCUT2D eigenvalue weighted by Crippen LogP contribution is 2.38. The molecule has 5 heteroatoms. The van der Waals surface area contributed by atoms with Crippen molar-refractivity contribution in [1.82, 2.24) is 0 Å². The Kier molecular flexibility index (Phi) is 6.64. The summed E-state index contributed by atoms with van der Waals surface area (Å²) in [5, 5.41) is 3.09. The van der Waals surface area contributed by atoms with Gasteiger partial charge in [0.25, 0.3) is 0 Å². The second kappa shape index (κ2) is 7.83. The molecule has 2 aromatic rings. The van der Waals surface area contributed by atoms with Crippen LogP contribution in [-0.4, -0.2) is 10.7 Å². The summed E-state index contributed by atoms with van der Waals surface area (Å²) in [6.45, 7) is 0. The van der Waals surface area contributed by atoms with Crippen molar-refractivity contribution in [2.45, 2.75) is 11.8 Å². The average molecular weight is 516 g/mol. The van der Waals surface area contributed by atoms with E-state index in [2.05, 4.69) is 66.0 Å². The van der Waals surface area contributed by atoms with Crippen LogP contribution in [0.25, 0.3) is 0 Å². The number of benzene rings is 2. The fourth-order valence-electron chi connectivity index (χ4n) is 2.30. The predicted molar refractivity (Wildman–Crippen MR) is 104 cm³/mol. The van der Waals surface area contributed by atoms with Crippen molar-refractivity contribution in [2.24, 2.45) is 0 Å². The second-order valence-electron chi connectivity index (χ2n) is 4.94. The summed E-state index contributed by atoms with van der Waals surface area (Å²) in [6, 6.07) is 13.9. The molecular formula is C16H13Br3Cl2. The van der Waals surface area contributed by atoms with Gasteiger partial charge >= 0.3 is 0 Å². The number of rotatable bonds is 5. The minimum Gasteiger partial charge on any atom is -0.0918 e. The van der Waals surface area contributed by atoms with Crippen LogP contribution in [0.1, 0.15) is 11.1 Å². The van der Waals surface area contributed by atoms with Crippen molar-refractivity contribution >= 4 is 71.0 Å². The van der Waals surface area contributed by atoms with Gasteiger partial charge in [0.05, 0.1) is 0 Å². The lowest BCUT2D eigenvalue weighted by atomic mass is 9.79. The van der Waals surface area contributed by atoms with Gasteiger partial charge in [0.1, 0.15) is 0 Å². The van der Waals surface area contributed by atoms with E-state index in [1.807, 2.05) is 24.3 Å². The minimum atomic E-state index is -0.103. The molecule has 0 amide bonds. The summed E-state index contributed by atoms with van der Waals surface area (Å²) in [4.78, 5) is 0. The lowest BCUT2D eigenvalue weighted by Gasteiger charge is -2.32. The van der Waals surface area contributed by atoms with E-state index >= 15 is 0 Å². The largest absolute Gasteiger partial charge is 0.0918 e. The first-order valence-corrected chi connectivity index (χ1v) is 10.1. The summed E-state index contributed by atoms with van der Waals surface area (Å²) in [5.74, 6) is 0. The Morgan fingerprint density at radius 2 is 1.62 bits per heavy atom. The van der Waals surface area contributed by atoms with Gasteiger partial charge in [0.2, 0.25) is 0 Å². The van der Waals surface area contributed by atoms with Gasteiger partial charge in [-0.1, -0.05) is 89.2 Å². The Hall–Kier alpha value is 0.460. The van der Waals surface area contributed by atoms with E-state index in [-0.39, 0.29) is 5.41 Å². The molecule has 0 aromatic heterocycles. The molecule has 0 heterocycles. The highest BCUT2D eigenvalue weighted by Gasteiger charge is 2.32. The molecule has 0 saturated carbocycles. The van der Waals surface area contributed by atoms with E-state index in [1.54, 1.807) is 0 Å². The summed E-state index contributed by atoms with van der Waals surface area (Å²) in [7, 11) is 0. The Morgan fingerprint density at radius 1 is 0.952 bits per heavy atom. The number of halogens is 5. The van der Waals surface area contributed by atoms with Gasteiger partial charge in [-0.05, 0) is 41.8 Å². The van der Waals surface area contributed by atoms with Crippen LogP contribution in [0, 0.1) is 0 Å². The lowest BCUT2D eigenvalue weighted by molar-refractivity contribution is 0.548. The molecule has 0 unspecified atom stereocenters. The minimum absolute atomic E-state index is 0.103. The topological polar surface area (TPSA) is 0 Å². The normalized spacial score (nSPS) is 11.7. The average Bonchev–Trinajstić information content (AvgIpc) is 2.49. The van der Waals surface area contributed by atoms with Gasteiger partial charge in [0, 0.05) is 30.6 Å². The molecule has 0 radical (unpaired) electrons. The van der Waals surface area contributed by atoms with Crippen molar-refractivity contribution in [1.29, 1.82) is 0 Å². The third kappa shape index (κ3) is 4.06. The van der Waals surface area contributed by atoms with Crippen molar-refractivity contribution in [2.75, 3.05) is 10.7 Å². The maximum Gasteiger partial charge on any atom is 0.0439 e. The highest BCUT2D eigenvalue weighted by atomic mass is 79.9. The summed E-state index contributed by atoms with van der Waals surface area (Å²) in [6.07, 6.45) is 0.797. The van der Waals surface area contributed by atoms with Crippen LogP contribution in [0.2, 0.25) is 10.0 Å². The highest BCUT2D eigenvalue weighted by molar-refractivity contribution is 9.10. The third-order valence-corrected chi connectivity index (χ3v) is 6.94. The first-order valence-electron chi connectivity index (χ1n) is 6.33. The first-order chi connectivity index (χ1) is 10.0. The number of hydrogen-bond donors (Lipinski definition) is 0. The maximum absolute atomic E-state index is 6.34. The number of hydrogen-bond acceptors (Lipinski definition) is 0. The Labute approximate surface area is 160 Å². The monoisotopic (exact) mass is 512 g/mol. The molecule has 21 heavy (non-hydrogen) atoms. The van der Waals surface area contributed by atoms with Gasteiger partial charge < -0.3 is 0 Å². The molecule has 0 aliphatic carbocycles. The molecule has 112 valence electrons. The Morgan fingerprint density at radius 3 is 2.24 bits per heavy atom. The molecule has 0 bridgehead atoms. The van der Waals surface area contributed by atoms with Crippen LogP contribution < -0.4 is 0 Å². The van der Waals surface area contributed by atoms with E-state index in [0.717, 1.165) is 32.1 Å². The molecule has 0 N–H and O–H groups in total. The second-order valence-corrected chi connectivity index (χ2v) is 7.76. The molecule has 0 nitrogen and oxygen atoms in total. The van der Waals surface area contributed by atoms with Gasteiger partial charge in [-0.15, -0.1) is 0 Å². The van der Waals surface area contributed by atoms with Crippen LogP contribution in [0.3, 0.4) is 0 Å². The molecule has 0 fully saturated rings. The van der Waals surface area contributed by atoms with Crippen LogP contribution in [-0.2, 0) is 11.8 Å². The van der Waals surface area contributed by atoms with Gasteiger partial charge in [0.15, 0.2) is 0 Å². The molecule has 0 atom stereocenters. The van der Waals surface area contributed by atoms with Gasteiger partial charge in [-0.3, -0.25) is 0 Å². The quantitative estimate of drug-likeness (QED) is 0.375. The van der Waals surface area contributed by atoms with Crippen molar-refractivity contribution < 1.29 is 0 Å². The SMILES string of the molecule is Clc1ccc(Cl)c(CC(CBr)(CBr)c2ccccc2Br)c1. The molecular weight excluding hydrogens is 503 g/mol. The van der Waals surface area contributed by atoms with Crippen molar-refractivity contribution in [3.63, 3.8) is 0 Å².